The molecule has 54 valence electrons. The van der Waals surface area contributed by atoms with E-state index in [2.05, 4.69) is 4.84 Å². The first-order valence-electron chi connectivity index (χ1n) is 3.20. The summed E-state index contributed by atoms with van der Waals surface area (Å²) in [5.41, 5.74) is -0.214. The fraction of sp³-hybridized carbons (Fsp3) is 1.00. The molecule has 0 aliphatic heterocycles. The van der Waals surface area contributed by atoms with E-state index in [1.807, 2.05) is 6.92 Å². The van der Waals surface area contributed by atoms with Crippen LogP contribution in [0, 0.1) is 5.21 Å². The van der Waals surface area contributed by atoms with Crippen molar-refractivity contribution in [1.82, 2.24) is 5.23 Å². The fourth-order valence-electron chi connectivity index (χ4n) is 1.09. The van der Waals surface area contributed by atoms with E-state index in [-0.39, 0.29) is 5.54 Å². The molecular weight excluding hydrogens is 118 g/mol. The van der Waals surface area contributed by atoms with Gasteiger partial charge in [-0.2, -0.15) is 0 Å². The molecule has 0 aromatic rings. The van der Waals surface area contributed by atoms with Crippen LogP contribution in [0.15, 0.2) is 0 Å². The molecule has 9 heavy (non-hydrogen) atoms. The van der Waals surface area contributed by atoms with Crippen LogP contribution in [-0.4, -0.2) is 17.9 Å². The van der Waals surface area contributed by atoms with E-state index in [4.69, 9.17) is 0 Å². The predicted octanol–water partition coefficient (Wildman–Crippen LogP) is 1.29. The Morgan fingerprint density at radius 2 is 2.11 bits per heavy atom. The van der Waals surface area contributed by atoms with Crippen molar-refractivity contribution >= 4 is 0 Å². The SMILES string of the molecule is CON([O-])C1(C)CCC1. The van der Waals surface area contributed by atoms with Crippen LogP contribution in [0.4, 0.5) is 0 Å². The van der Waals surface area contributed by atoms with E-state index in [9.17, 15) is 5.21 Å². The van der Waals surface area contributed by atoms with E-state index in [1.165, 1.54) is 7.11 Å². The summed E-state index contributed by atoms with van der Waals surface area (Å²) in [6, 6.07) is 0. The third kappa shape index (κ3) is 1.08. The molecule has 0 N–H and O–H groups in total. The van der Waals surface area contributed by atoms with Gasteiger partial charge in [0.2, 0.25) is 0 Å². The van der Waals surface area contributed by atoms with Gasteiger partial charge < -0.3 is 10.0 Å². The molecule has 0 heterocycles. The maximum absolute atomic E-state index is 10.8. The molecule has 1 fully saturated rings. The van der Waals surface area contributed by atoms with E-state index < -0.39 is 0 Å². The first-order valence-corrected chi connectivity index (χ1v) is 3.20. The summed E-state index contributed by atoms with van der Waals surface area (Å²) in [4.78, 5) is 4.53. The fourth-order valence-corrected chi connectivity index (χ4v) is 1.09. The molecule has 0 aromatic heterocycles. The van der Waals surface area contributed by atoms with Gasteiger partial charge in [-0.25, -0.2) is 0 Å². The second kappa shape index (κ2) is 2.25. The molecule has 0 bridgehead atoms. The van der Waals surface area contributed by atoms with Gasteiger partial charge in [-0.15, -0.1) is 0 Å². The lowest BCUT2D eigenvalue weighted by molar-refractivity contribution is -0.182. The van der Waals surface area contributed by atoms with Crippen molar-refractivity contribution in [2.75, 3.05) is 7.11 Å². The van der Waals surface area contributed by atoms with Crippen LogP contribution in [0.3, 0.4) is 0 Å². The summed E-state index contributed by atoms with van der Waals surface area (Å²) in [5.74, 6) is 0. The normalized spacial score (nSPS) is 24.0. The van der Waals surface area contributed by atoms with Gasteiger partial charge in [0.05, 0.1) is 7.11 Å². The zero-order chi connectivity index (χ0) is 6.91. The van der Waals surface area contributed by atoms with Gasteiger partial charge in [-0.3, -0.25) is 5.23 Å². The van der Waals surface area contributed by atoms with Crippen molar-refractivity contribution in [2.24, 2.45) is 0 Å². The molecule has 0 atom stereocenters. The van der Waals surface area contributed by atoms with Gasteiger partial charge in [-0.05, 0) is 26.2 Å². The molecular formula is C6H12NO2-. The smallest absolute Gasteiger partial charge is 0.0563 e. The monoisotopic (exact) mass is 130 g/mol. The van der Waals surface area contributed by atoms with Gasteiger partial charge in [0.15, 0.2) is 0 Å². The van der Waals surface area contributed by atoms with Crippen molar-refractivity contribution < 1.29 is 4.84 Å². The summed E-state index contributed by atoms with van der Waals surface area (Å²) in [6.45, 7) is 1.92. The van der Waals surface area contributed by atoms with Crippen LogP contribution in [-0.2, 0) is 4.84 Å². The average molecular weight is 130 g/mol. The molecule has 0 aromatic carbocycles. The first-order chi connectivity index (χ1) is 4.19. The third-order valence-corrected chi connectivity index (χ3v) is 2.04. The Morgan fingerprint density at radius 1 is 1.56 bits per heavy atom. The van der Waals surface area contributed by atoms with E-state index in [0.717, 1.165) is 19.3 Å². The highest BCUT2D eigenvalue weighted by atomic mass is 16.9. The molecule has 1 aliphatic rings. The minimum absolute atomic E-state index is 0.214. The standard InChI is InChI=1S/C6H12NO2/c1-6(4-3-5-6)7(8)9-2/h3-5H2,1-2H3/q-1. The van der Waals surface area contributed by atoms with Gasteiger partial charge in [0.25, 0.3) is 0 Å². The molecule has 1 aliphatic carbocycles. The van der Waals surface area contributed by atoms with E-state index >= 15 is 0 Å². The number of hydrogen-bond acceptors (Lipinski definition) is 3. The Labute approximate surface area is 55.1 Å². The Balaban J connectivity index is 2.38. The molecule has 1 rings (SSSR count). The maximum Gasteiger partial charge on any atom is 0.0563 e. The lowest BCUT2D eigenvalue weighted by atomic mass is 9.79. The van der Waals surface area contributed by atoms with E-state index in [1.54, 1.807) is 0 Å². The summed E-state index contributed by atoms with van der Waals surface area (Å²) in [6.07, 6.45) is 3.08. The van der Waals surface area contributed by atoms with Crippen molar-refractivity contribution in [3.8, 4) is 0 Å². The second-order valence-electron chi connectivity index (χ2n) is 2.79. The Kier molecular flexibility index (Phi) is 1.75. The number of nitrogens with zero attached hydrogens (tertiary/aromatic N) is 1. The number of rotatable bonds is 2. The molecule has 0 spiro atoms. The summed E-state index contributed by atoms with van der Waals surface area (Å²) < 4.78 is 0. The summed E-state index contributed by atoms with van der Waals surface area (Å²) in [7, 11) is 1.41. The number of hydrogen-bond donors (Lipinski definition) is 0. The quantitative estimate of drug-likeness (QED) is 0.528. The average Bonchev–Trinajstić information content (AvgIpc) is 1.81. The topological polar surface area (TPSA) is 35.5 Å². The van der Waals surface area contributed by atoms with Gasteiger partial charge >= 0.3 is 0 Å². The van der Waals surface area contributed by atoms with Crippen molar-refractivity contribution in [2.45, 2.75) is 31.7 Å². The third-order valence-electron chi connectivity index (χ3n) is 2.04. The maximum atomic E-state index is 10.8. The molecule has 0 radical (unpaired) electrons. The zero-order valence-corrected chi connectivity index (χ0v) is 5.89. The minimum Gasteiger partial charge on any atom is -0.762 e. The lowest BCUT2D eigenvalue weighted by Gasteiger charge is -2.50. The second-order valence-corrected chi connectivity index (χ2v) is 2.79. The van der Waals surface area contributed by atoms with Crippen LogP contribution in [0.5, 0.6) is 0 Å². The summed E-state index contributed by atoms with van der Waals surface area (Å²) in [5, 5.41) is 11.5. The van der Waals surface area contributed by atoms with Crippen LogP contribution in [0.1, 0.15) is 26.2 Å². The highest BCUT2D eigenvalue weighted by molar-refractivity contribution is 4.90. The van der Waals surface area contributed by atoms with Crippen molar-refractivity contribution in [3.63, 3.8) is 0 Å². The molecule has 0 amide bonds. The first kappa shape index (κ1) is 6.99. The Bertz CT molecular complexity index is 101. The predicted molar refractivity (Wildman–Crippen MR) is 34.5 cm³/mol. The largest absolute Gasteiger partial charge is 0.762 e. The zero-order valence-electron chi connectivity index (χ0n) is 5.89. The van der Waals surface area contributed by atoms with Crippen LogP contribution in [0.25, 0.3) is 0 Å². The highest BCUT2D eigenvalue weighted by Gasteiger charge is 2.33. The molecule has 0 saturated heterocycles. The number of hydroxylamine groups is 2. The lowest BCUT2D eigenvalue weighted by Crippen LogP contribution is -2.47. The van der Waals surface area contributed by atoms with Crippen LogP contribution in [0.2, 0.25) is 0 Å². The van der Waals surface area contributed by atoms with Gasteiger partial charge in [0.1, 0.15) is 0 Å². The molecule has 1 saturated carbocycles. The van der Waals surface area contributed by atoms with E-state index in [0.29, 0.717) is 5.23 Å². The Hall–Kier alpha value is -0.120. The van der Waals surface area contributed by atoms with Crippen molar-refractivity contribution in [1.29, 1.82) is 0 Å². The summed E-state index contributed by atoms with van der Waals surface area (Å²) >= 11 is 0. The molecule has 3 nitrogen and oxygen atoms in total. The van der Waals surface area contributed by atoms with Crippen LogP contribution < -0.4 is 0 Å². The van der Waals surface area contributed by atoms with Gasteiger partial charge in [-0.1, -0.05) is 0 Å². The minimum atomic E-state index is -0.214. The molecule has 0 unspecified atom stereocenters. The Morgan fingerprint density at radius 3 is 2.22 bits per heavy atom. The van der Waals surface area contributed by atoms with Gasteiger partial charge in [0, 0.05) is 5.54 Å². The molecule has 3 heteroatoms. The van der Waals surface area contributed by atoms with Crippen molar-refractivity contribution in [3.05, 3.63) is 5.21 Å². The highest BCUT2D eigenvalue weighted by Crippen LogP contribution is 2.36. The van der Waals surface area contributed by atoms with Crippen LogP contribution >= 0.6 is 0 Å².